The van der Waals surface area contributed by atoms with Crippen molar-refractivity contribution < 1.29 is 0 Å². The molecule has 0 aliphatic rings. The third kappa shape index (κ3) is 3.32. The van der Waals surface area contributed by atoms with Gasteiger partial charge in [0.25, 0.3) is 0 Å². The number of nitrogen functional groups attached to an aromatic ring is 1. The monoisotopic (exact) mass is 373 g/mol. The summed E-state index contributed by atoms with van der Waals surface area (Å²) in [5, 5.41) is 0.824. The molecule has 18 heavy (non-hydrogen) atoms. The van der Waals surface area contributed by atoms with Crippen molar-refractivity contribution in [3.8, 4) is 0 Å². The van der Waals surface area contributed by atoms with Crippen molar-refractivity contribution in [1.29, 1.82) is 0 Å². The van der Waals surface area contributed by atoms with Crippen molar-refractivity contribution in [3.05, 3.63) is 50.4 Å². The molecule has 0 fully saturated rings. The summed E-state index contributed by atoms with van der Waals surface area (Å²) in [4.78, 5) is 8.17. The molecule has 3 nitrogen and oxygen atoms in total. The van der Waals surface area contributed by atoms with Crippen molar-refractivity contribution in [2.75, 3.05) is 5.73 Å². The maximum atomic E-state index is 6.12. The lowest BCUT2D eigenvalue weighted by Crippen LogP contribution is -2.03. The van der Waals surface area contributed by atoms with Gasteiger partial charge in [0, 0.05) is 10.6 Å². The summed E-state index contributed by atoms with van der Waals surface area (Å²) in [6.07, 6.45) is 4.28. The molecule has 0 aliphatic heterocycles. The van der Waals surface area contributed by atoms with Gasteiger partial charge in [-0.05, 0) is 53.5 Å². The zero-order chi connectivity index (χ0) is 13.0. The molecule has 2 aromatic rings. The lowest BCUT2D eigenvalue weighted by atomic mass is 10.1. The average molecular weight is 374 g/mol. The van der Waals surface area contributed by atoms with Crippen LogP contribution in [-0.2, 0) is 12.8 Å². The standard InChI is InChI=1S/C13H13ClIN3/c14-11-7-2-1-4-9(11)5-3-6-10-12(15)17-8-18-13(10)16/h1-2,4,7-8H,3,5-6H2,(H2,16,17,18). The highest BCUT2D eigenvalue weighted by molar-refractivity contribution is 14.1. The topological polar surface area (TPSA) is 51.8 Å². The highest BCUT2D eigenvalue weighted by Gasteiger charge is 2.07. The first-order valence-corrected chi connectivity index (χ1v) is 7.12. The number of nitrogens with zero attached hydrogens (tertiary/aromatic N) is 2. The fourth-order valence-corrected chi connectivity index (χ4v) is 2.69. The number of hydrogen-bond donors (Lipinski definition) is 1. The molecule has 0 amide bonds. The molecule has 0 saturated heterocycles. The van der Waals surface area contributed by atoms with E-state index in [2.05, 4.69) is 38.6 Å². The van der Waals surface area contributed by atoms with Crippen LogP contribution < -0.4 is 5.73 Å². The predicted molar refractivity (Wildman–Crippen MR) is 82.6 cm³/mol. The Balaban J connectivity index is 1.99. The maximum Gasteiger partial charge on any atom is 0.131 e. The summed E-state index contributed by atoms with van der Waals surface area (Å²) in [6, 6.07) is 7.92. The molecule has 0 atom stereocenters. The van der Waals surface area contributed by atoms with E-state index in [9.17, 15) is 0 Å². The minimum absolute atomic E-state index is 0.577. The predicted octanol–water partition coefficient (Wildman–Crippen LogP) is 3.49. The van der Waals surface area contributed by atoms with Gasteiger partial charge in [0.2, 0.25) is 0 Å². The van der Waals surface area contributed by atoms with Crippen LogP contribution in [0.1, 0.15) is 17.5 Å². The van der Waals surface area contributed by atoms with Crippen molar-refractivity contribution in [3.63, 3.8) is 0 Å². The van der Waals surface area contributed by atoms with E-state index >= 15 is 0 Å². The Hall–Kier alpha value is -0.880. The summed E-state index contributed by atoms with van der Waals surface area (Å²) < 4.78 is 0.930. The number of anilines is 1. The summed E-state index contributed by atoms with van der Waals surface area (Å²) in [7, 11) is 0. The van der Waals surface area contributed by atoms with Gasteiger partial charge < -0.3 is 5.73 Å². The minimum atomic E-state index is 0.577. The molecule has 0 aliphatic carbocycles. The second-order valence-corrected chi connectivity index (χ2v) is 5.40. The van der Waals surface area contributed by atoms with Crippen LogP contribution in [0.4, 0.5) is 5.82 Å². The second-order valence-electron chi connectivity index (χ2n) is 3.97. The van der Waals surface area contributed by atoms with Crippen LogP contribution in [0.5, 0.6) is 0 Å². The largest absolute Gasteiger partial charge is 0.383 e. The average Bonchev–Trinajstić information content (AvgIpc) is 2.35. The van der Waals surface area contributed by atoms with E-state index in [4.69, 9.17) is 17.3 Å². The van der Waals surface area contributed by atoms with E-state index in [1.165, 1.54) is 11.9 Å². The summed E-state index contributed by atoms with van der Waals surface area (Å²) in [6.45, 7) is 0. The summed E-state index contributed by atoms with van der Waals surface area (Å²) in [5.74, 6) is 0.577. The van der Waals surface area contributed by atoms with Crippen molar-refractivity contribution in [2.45, 2.75) is 19.3 Å². The van der Waals surface area contributed by atoms with Crippen molar-refractivity contribution >= 4 is 40.0 Å². The Labute approximate surface area is 125 Å². The molecule has 1 aromatic heterocycles. The molecular weight excluding hydrogens is 361 g/mol. The Kier molecular flexibility index (Phi) is 4.77. The fourth-order valence-electron chi connectivity index (χ4n) is 1.79. The van der Waals surface area contributed by atoms with Crippen molar-refractivity contribution in [1.82, 2.24) is 9.97 Å². The number of aromatic nitrogens is 2. The van der Waals surface area contributed by atoms with Crippen LogP contribution in [0.3, 0.4) is 0 Å². The van der Waals surface area contributed by atoms with E-state index in [0.717, 1.165) is 33.5 Å². The molecule has 0 spiro atoms. The molecule has 0 unspecified atom stereocenters. The van der Waals surface area contributed by atoms with Gasteiger partial charge in [-0.3, -0.25) is 0 Å². The smallest absolute Gasteiger partial charge is 0.131 e. The third-order valence-corrected chi connectivity index (χ3v) is 4.06. The molecule has 5 heteroatoms. The Morgan fingerprint density at radius 2 is 1.94 bits per heavy atom. The van der Waals surface area contributed by atoms with Gasteiger partial charge >= 0.3 is 0 Å². The van der Waals surface area contributed by atoms with Gasteiger partial charge in [0.15, 0.2) is 0 Å². The molecule has 0 bridgehead atoms. The Morgan fingerprint density at radius 3 is 2.67 bits per heavy atom. The number of hydrogen-bond acceptors (Lipinski definition) is 3. The first kappa shape index (κ1) is 13.5. The van der Waals surface area contributed by atoms with Crippen LogP contribution in [-0.4, -0.2) is 9.97 Å². The number of nitrogens with two attached hydrogens (primary N) is 1. The van der Waals surface area contributed by atoms with Crippen LogP contribution in [0.15, 0.2) is 30.6 Å². The number of halogens is 2. The van der Waals surface area contributed by atoms with Crippen LogP contribution in [0, 0.1) is 3.70 Å². The molecule has 94 valence electrons. The fraction of sp³-hybridized carbons (Fsp3) is 0.231. The van der Waals surface area contributed by atoms with Gasteiger partial charge in [-0.1, -0.05) is 29.8 Å². The lowest BCUT2D eigenvalue weighted by Gasteiger charge is -2.07. The summed E-state index contributed by atoms with van der Waals surface area (Å²) in [5.41, 5.74) is 8.05. The molecule has 1 aromatic carbocycles. The van der Waals surface area contributed by atoms with Crippen LogP contribution in [0.2, 0.25) is 5.02 Å². The zero-order valence-corrected chi connectivity index (χ0v) is 12.6. The minimum Gasteiger partial charge on any atom is -0.383 e. The molecule has 0 saturated carbocycles. The van der Waals surface area contributed by atoms with Crippen molar-refractivity contribution in [2.24, 2.45) is 0 Å². The SMILES string of the molecule is Nc1ncnc(I)c1CCCc1ccccc1Cl. The molecule has 2 N–H and O–H groups in total. The first-order valence-electron chi connectivity index (χ1n) is 5.66. The number of aryl methyl sites for hydroxylation is 1. The molecule has 1 heterocycles. The normalized spacial score (nSPS) is 10.6. The maximum absolute atomic E-state index is 6.12. The van der Waals surface area contributed by atoms with E-state index in [0.29, 0.717) is 5.82 Å². The summed E-state index contributed by atoms with van der Waals surface area (Å²) >= 11 is 8.31. The van der Waals surface area contributed by atoms with Gasteiger partial charge in [0.05, 0.1) is 0 Å². The lowest BCUT2D eigenvalue weighted by molar-refractivity contribution is 0.809. The van der Waals surface area contributed by atoms with Crippen LogP contribution >= 0.6 is 34.2 Å². The van der Waals surface area contributed by atoms with E-state index < -0.39 is 0 Å². The van der Waals surface area contributed by atoms with E-state index in [1.54, 1.807) is 0 Å². The highest BCUT2D eigenvalue weighted by atomic mass is 127. The van der Waals surface area contributed by atoms with E-state index in [-0.39, 0.29) is 0 Å². The first-order chi connectivity index (χ1) is 8.68. The highest BCUT2D eigenvalue weighted by Crippen LogP contribution is 2.20. The Bertz CT molecular complexity index is 525. The van der Waals surface area contributed by atoms with E-state index in [1.807, 2.05) is 18.2 Å². The molecule has 0 radical (unpaired) electrons. The second kappa shape index (κ2) is 6.33. The number of rotatable bonds is 4. The van der Waals surface area contributed by atoms with Gasteiger partial charge in [-0.2, -0.15) is 0 Å². The van der Waals surface area contributed by atoms with Crippen LogP contribution in [0.25, 0.3) is 0 Å². The quantitative estimate of drug-likeness (QED) is 0.659. The zero-order valence-electron chi connectivity index (χ0n) is 9.74. The molecular formula is C13H13ClIN3. The Morgan fingerprint density at radius 1 is 1.17 bits per heavy atom. The van der Waals surface area contributed by atoms with Gasteiger partial charge in [-0.25, -0.2) is 9.97 Å². The van der Waals surface area contributed by atoms with Gasteiger partial charge in [-0.15, -0.1) is 0 Å². The number of benzene rings is 1. The third-order valence-electron chi connectivity index (χ3n) is 2.76. The molecule has 2 rings (SSSR count). The van der Waals surface area contributed by atoms with Gasteiger partial charge in [0.1, 0.15) is 15.8 Å².